The molecule has 6 nitrogen and oxygen atoms in total. The summed E-state index contributed by atoms with van der Waals surface area (Å²) in [6, 6.07) is 7.71. The van der Waals surface area contributed by atoms with Crippen molar-refractivity contribution >= 4 is 28.8 Å². The van der Waals surface area contributed by atoms with Gasteiger partial charge in [0.25, 0.3) is 0 Å². The maximum Gasteiger partial charge on any atom is 0.338 e. The van der Waals surface area contributed by atoms with Gasteiger partial charge in [-0.05, 0) is 42.7 Å². The second kappa shape index (κ2) is 8.68. The van der Waals surface area contributed by atoms with Crippen LogP contribution in [-0.4, -0.2) is 47.0 Å². The summed E-state index contributed by atoms with van der Waals surface area (Å²) in [6.07, 6.45) is 3.07. The second-order valence-electron chi connectivity index (χ2n) is 7.72. The summed E-state index contributed by atoms with van der Waals surface area (Å²) in [5, 5.41) is 2.82. The third-order valence-corrected chi connectivity index (χ3v) is 6.79. The summed E-state index contributed by atoms with van der Waals surface area (Å²) in [5.41, 5.74) is 4.30. The van der Waals surface area contributed by atoms with Crippen molar-refractivity contribution in [1.29, 1.82) is 0 Å². The van der Waals surface area contributed by atoms with Gasteiger partial charge in [0, 0.05) is 18.8 Å². The summed E-state index contributed by atoms with van der Waals surface area (Å²) in [6.45, 7) is 5.70. The lowest BCUT2D eigenvalue weighted by atomic mass is 9.90. The van der Waals surface area contributed by atoms with Gasteiger partial charge in [-0.15, -0.1) is 0 Å². The van der Waals surface area contributed by atoms with Crippen molar-refractivity contribution in [3.8, 4) is 0 Å². The Hall–Kier alpha value is -2.54. The molecule has 1 aromatic rings. The van der Waals surface area contributed by atoms with E-state index < -0.39 is 0 Å². The van der Waals surface area contributed by atoms with Gasteiger partial charge in [0.1, 0.15) is 0 Å². The normalized spacial score (nSPS) is 20.8. The Labute approximate surface area is 181 Å². The van der Waals surface area contributed by atoms with Gasteiger partial charge >= 0.3 is 5.97 Å². The first-order valence-corrected chi connectivity index (χ1v) is 11.3. The van der Waals surface area contributed by atoms with Crippen molar-refractivity contribution in [1.82, 2.24) is 9.80 Å². The minimum absolute atomic E-state index is 0.133. The summed E-state index contributed by atoms with van der Waals surface area (Å²) in [5.74, 6) is -0.237. The van der Waals surface area contributed by atoms with Crippen molar-refractivity contribution in [2.24, 2.45) is 4.99 Å². The van der Waals surface area contributed by atoms with Crippen LogP contribution in [0.15, 0.2) is 51.6 Å². The third kappa shape index (κ3) is 3.67. The standard InChI is InChI=1S/C23H27N3O3S/c1-4-18-20(22(28)29-3)21(17-10-6-5-9-15(17)2)26-16(14-30-23(26)24-18)13-19(27)25-11-7-8-12-25/h5-6,9-10,14,21H,4,7-8,11-13H2,1-3H3. The highest BCUT2D eigenvalue weighted by Gasteiger charge is 2.42. The molecule has 30 heavy (non-hydrogen) atoms. The average Bonchev–Trinajstić information content (AvgIpc) is 3.43. The molecule has 0 radical (unpaired) electrons. The number of hydrogen-bond acceptors (Lipinski definition) is 6. The molecule has 0 spiro atoms. The number of thioether (sulfide) groups is 1. The molecule has 3 aliphatic heterocycles. The first-order chi connectivity index (χ1) is 14.5. The number of nitrogens with zero attached hydrogens (tertiary/aromatic N) is 3. The molecular weight excluding hydrogens is 398 g/mol. The van der Waals surface area contributed by atoms with E-state index in [4.69, 9.17) is 9.73 Å². The Morgan fingerprint density at radius 3 is 2.63 bits per heavy atom. The lowest BCUT2D eigenvalue weighted by Gasteiger charge is -2.37. The number of benzene rings is 1. The number of carbonyl (C=O) groups is 2. The van der Waals surface area contributed by atoms with Crippen LogP contribution in [0.1, 0.15) is 49.8 Å². The number of amides is 1. The number of carbonyl (C=O) groups excluding carboxylic acids is 2. The monoisotopic (exact) mass is 425 g/mol. The average molecular weight is 426 g/mol. The number of ether oxygens (including phenoxy) is 1. The Balaban J connectivity index is 1.76. The number of methoxy groups -OCH3 is 1. The number of rotatable bonds is 5. The Morgan fingerprint density at radius 2 is 1.97 bits per heavy atom. The Morgan fingerprint density at radius 1 is 1.23 bits per heavy atom. The van der Waals surface area contributed by atoms with E-state index in [1.165, 1.54) is 18.9 Å². The number of hydrogen-bond donors (Lipinski definition) is 0. The fourth-order valence-corrected chi connectivity index (χ4v) is 5.27. The molecule has 1 amide bonds. The lowest BCUT2D eigenvalue weighted by molar-refractivity contribution is -0.136. The van der Waals surface area contributed by atoms with E-state index in [0.29, 0.717) is 18.4 Å². The second-order valence-corrected chi connectivity index (χ2v) is 8.56. The molecule has 0 saturated carbocycles. The van der Waals surface area contributed by atoms with Crippen molar-refractivity contribution in [3.63, 3.8) is 0 Å². The molecular formula is C23H27N3O3S. The van der Waals surface area contributed by atoms with Crippen LogP contribution in [-0.2, 0) is 14.3 Å². The minimum atomic E-state index is -0.370. The van der Waals surface area contributed by atoms with E-state index in [-0.39, 0.29) is 17.9 Å². The Bertz CT molecular complexity index is 960. The molecule has 4 rings (SSSR count). The highest BCUT2D eigenvalue weighted by atomic mass is 32.2. The van der Waals surface area contributed by atoms with Crippen LogP contribution in [0.5, 0.6) is 0 Å². The fourth-order valence-electron chi connectivity index (χ4n) is 4.33. The third-order valence-electron chi connectivity index (χ3n) is 5.90. The van der Waals surface area contributed by atoms with Crippen LogP contribution in [0.3, 0.4) is 0 Å². The number of allylic oxidation sites excluding steroid dienone is 1. The quantitative estimate of drug-likeness (QED) is 0.664. The van der Waals surface area contributed by atoms with Crippen LogP contribution in [0.2, 0.25) is 0 Å². The maximum atomic E-state index is 12.9. The zero-order valence-corrected chi connectivity index (χ0v) is 18.5. The van der Waals surface area contributed by atoms with Crippen LogP contribution < -0.4 is 0 Å². The molecule has 1 aromatic carbocycles. The fraction of sp³-hybridized carbons (Fsp3) is 0.435. The van der Waals surface area contributed by atoms with Crippen molar-refractivity contribution < 1.29 is 14.3 Å². The highest BCUT2D eigenvalue weighted by molar-refractivity contribution is 8.16. The van der Waals surface area contributed by atoms with Crippen LogP contribution in [0.4, 0.5) is 0 Å². The number of likely N-dealkylation sites (tertiary alicyclic amines) is 1. The number of fused-ring (bicyclic) bond motifs is 1. The van der Waals surface area contributed by atoms with Gasteiger partial charge < -0.3 is 14.5 Å². The minimum Gasteiger partial charge on any atom is -0.466 e. The first kappa shape index (κ1) is 20.7. The van der Waals surface area contributed by atoms with E-state index in [1.54, 1.807) is 0 Å². The van der Waals surface area contributed by atoms with Crippen LogP contribution in [0.25, 0.3) is 0 Å². The lowest BCUT2D eigenvalue weighted by Crippen LogP contribution is -2.38. The number of aliphatic imine (C=N–C) groups is 1. The predicted octanol–water partition coefficient (Wildman–Crippen LogP) is 4.15. The molecule has 1 atom stereocenters. The van der Waals surface area contributed by atoms with Gasteiger partial charge in [-0.3, -0.25) is 4.79 Å². The summed E-state index contributed by atoms with van der Waals surface area (Å²) < 4.78 is 5.17. The predicted molar refractivity (Wildman–Crippen MR) is 119 cm³/mol. The number of aryl methyl sites for hydroxylation is 1. The van der Waals surface area contributed by atoms with Crippen LogP contribution >= 0.6 is 11.8 Å². The van der Waals surface area contributed by atoms with Crippen LogP contribution in [0, 0.1) is 6.92 Å². The van der Waals surface area contributed by atoms with Gasteiger partial charge in [-0.2, -0.15) is 0 Å². The number of esters is 1. The zero-order chi connectivity index (χ0) is 21.3. The molecule has 7 heteroatoms. The van der Waals surface area contributed by atoms with E-state index in [9.17, 15) is 9.59 Å². The van der Waals surface area contributed by atoms with Gasteiger partial charge in [0.2, 0.25) is 5.91 Å². The molecule has 1 fully saturated rings. The first-order valence-electron chi connectivity index (χ1n) is 10.4. The maximum absolute atomic E-state index is 12.9. The van der Waals surface area contributed by atoms with E-state index >= 15 is 0 Å². The van der Waals surface area contributed by atoms with Crippen molar-refractivity contribution in [2.45, 2.75) is 45.6 Å². The van der Waals surface area contributed by atoms with Crippen molar-refractivity contribution in [2.75, 3.05) is 20.2 Å². The number of amidine groups is 1. The molecule has 1 saturated heterocycles. The van der Waals surface area contributed by atoms with Gasteiger partial charge in [-0.25, -0.2) is 9.79 Å². The largest absolute Gasteiger partial charge is 0.466 e. The highest BCUT2D eigenvalue weighted by Crippen LogP contribution is 2.46. The molecule has 1 unspecified atom stereocenters. The van der Waals surface area contributed by atoms with E-state index in [0.717, 1.165) is 53.6 Å². The van der Waals surface area contributed by atoms with Crippen molar-refractivity contribution in [3.05, 3.63) is 57.8 Å². The SMILES string of the molecule is CCC1=C(C(=O)OC)C(c2ccccc2C)N2C(CC(=O)N3CCCC3)=CSC2=N1. The summed E-state index contributed by atoms with van der Waals surface area (Å²) in [4.78, 5) is 34.5. The molecule has 0 aromatic heterocycles. The molecule has 0 aliphatic carbocycles. The molecule has 0 bridgehead atoms. The summed E-state index contributed by atoms with van der Waals surface area (Å²) in [7, 11) is 1.41. The Kier molecular flexibility index (Phi) is 5.99. The topological polar surface area (TPSA) is 62.2 Å². The van der Waals surface area contributed by atoms with Gasteiger partial charge in [0.05, 0.1) is 30.8 Å². The van der Waals surface area contributed by atoms with E-state index in [2.05, 4.69) is 4.90 Å². The van der Waals surface area contributed by atoms with E-state index in [1.807, 2.05) is 48.4 Å². The molecule has 0 N–H and O–H groups in total. The summed E-state index contributed by atoms with van der Waals surface area (Å²) >= 11 is 1.52. The molecule has 3 aliphatic rings. The van der Waals surface area contributed by atoms with Gasteiger partial charge in [-0.1, -0.05) is 43.0 Å². The smallest absolute Gasteiger partial charge is 0.338 e. The molecule has 158 valence electrons. The zero-order valence-electron chi connectivity index (χ0n) is 17.7. The molecule has 3 heterocycles. The van der Waals surface area contributed by atoms with Gasteiger partial charge in [0.15, 0.2) is 5.17 Å².